The van der Waals surface area contributed by atoms with E-state index in [0.29, 0.717) is 19.5 Å². The second-order valence-electron chi connectivity index (χ2n) is 7.54. The van der Waals surface area contributed by atoms with Gasteiger partial charge in [0, 0.05) is 32.4 Å². The molecule has 0 saturated heterocycles. The lowest BCUT2D eigenvalue weighted by molar-refractivity contribution is -0.123. The maximum absolute atomic E-state index is 12.3. The Balaban J connectivity index is 1.48. The Morgan fingerprint density at radius 3 is 2.71 bits per heavy atom. The number of fused-ring (bicyclic) bond motifs is 1. The number of carbonyl (C=O) groups excluding carboxylic acids is 1. The third-order valence-corrected chi connectivity index (χ3v) is 5.74. The van der Waals surface area contributed by atoms with Gasteiger partial charge in [0.05, 0.1) is 0 Å². The molecule has 1 fully saturated rings. The summed E-state index contributed by atoms with van der Waals surface area (Å²) in [7, 11) is 0. The average molecular weight is 333 g/mol. The lowest BCUT2D eigenvalue weighted by Crippen LogP contribution is -2.39. The molecule has 0 unspecified atom stereocenters. The van der Waals surface area contributed by atoms with Gasteiger partial charge in [-0.1, -0.05) is 25.7 Å². The second kappa shape index (κ2) is 8.10. The maximum Gasteiger partial charge on any atom is 0.220 e. The molecular formula is C18H31N5O. The molecule has 6 heteroatoms. The Kier molecular flexibility index (Phi) is 5.87. The van der Waals surface area contributed by atoms with Crippen molar-refractivity contribution in [2.45, 2.75) is 77.2 Å². The van der Waals surface area contributed by atoms with E-state index in [9.17, 15) is 4.79 Å². The largest absolute Gasteiger partial charge is 0.356 e. The van der Waals surface area contributed by atoms with Crippen LogP contribution >= 0.6 is 0 Å². The van der Waals surface area contributed by atoms with Crippen molar-refractivity contribution in [3.8, 4) is 0 Å². The zero-order chi connectivity index (χ0) is 16.8. The predicted molar refractivity (Wildman–Crippen MR) is 93.5 cm³/mol. The van der Waals surface area contributed by atoms with Crippen LogP contribution in [0.4, 0.5) is 0 Å². The van der Waals surface area contributed by atoms with Gasteiger partial charge < -0.3 is 15.6 Å². The first kappa shape index (κ1) is 17.4. The normalized spacial score (nSPS) is 20.2. The zero-order valence-electron chi connectivity index (χ0n) is 14.7. The van der Waals surface area contributed by atoms with Gasteiger partial charge in [-0.05, 0) is 37.6 Å². The first-order chi connectivity index (χ1) is 11.7. The molecule has 1 aromatic heterocycles. The summed E-state index contributed by atoms with van der Waals surface area (Å²) in [6.07, 6.45) is 11.9. The molecule has 2 heterocycles. The molecule has 0 radical (unpaired) electrons. The van der Waals surface area contributed by atoms with E-state index in [1.165, 1.54) is 38.5 Å². The van der Waals surface area contributed by atoms with Crippen LogP contribution in [0.1, 0.15) is 69.4 Å². The van der Waals surface area contributed by atoms with E-state index in [2.05, 4.69) is 20.1 Å². The number of hydrogen-bond acceptors (Lipinski definition) is 4. The lowest BCUT2D eigenvalue weighted by atomic mass is 9.71. The van der Waals surface area contributed by atoms with E-state index in [0.717, 1.165) is 43.9 Å². The van der Waals surface area contributed by atoms with Crippen molar-refractivity contribution in [1.29, 1.82) is 0 Å². The molecule has 6 nitrogen and oxygen atoms in total. The summed E-state index contributed by atoms with van der Waals surface area (Å²) in [5.74, 6) is 2.26. The van der Waals surface area contributed by atoms with Crippen LogP contribution in [0, 0.1) is 5.41 Å². The summed E-state index contributed by atoms with van der Waals surface area (Å²) < 4.78 is 2.25. The molecule has 1 saturated carbocycles. The highest BCUT2D eigenvalue weighted by molar-refractivity contribution is 5.76. The van der Waals surface area contributed by atoms with E-state index in [1.54, 1.807) is 0 Å². The van der Waals surface area contributed by atoms with Gasteiger partial charge >= 0.3 is 0 Å². The van der Waals surface area contributed by atoms with Crippen molar-refractivity contribution in [2.24, 2.45) is 11.1 Å². The number of amides is 1. The fourth-order valence-corrected chi connectivity index (χ4v) is 4.20. The van der Waals surface area contributed by atoms with Gasteiger partial charge in [0.2, 0.25) is 5.91 Å². The van der Waals surface area contributed by atoms with E-state index in [1.807, 2.05) is 0 Å². The van der Waals surface area contributed by atoms with Crippen LogP contribution in [0.5, 0.6) is 0 Å². The molecule has 0 bridgehead atoms. The van der Waals surface area contributed by atoms with Crippen LogP contribution in [-0.2, 0) is 24.2 Å². The summed E-state index contributed by atoms with van der Waals surface area (Å²) in [5.41, 5.74) is 6.02. The number of nitrogens with two attached hydrogens (primary N) is 1. The van der Waals surface area contributed by atoms with Crippen molar-refractivity contribution in [3.05, 3.63) is 11.6 Å². The number of hydrogen-bond donors (Lipinski definition) is 2. The van der Waals surface area contributed by atoms with Crippen LogP contribution in [0.15, 0.2) is 0 Å². The van der Waals surface area contributed by atoms with Gasteiger partial charge in [-0.2, -0.15) is 0 Å². The van der Waals surface area contributed by atoms with Gasteiger partial charge in [-0.25, -0.2) is 0 Å². The minimum absolute atomic E-state index is 0.0360. The van der Waals surface area contributed by atoms with E-state index in [4.69, 9.17) is 5.73 Å². The molecule has 0 atom stereocenters. The molecule has 1 aliphatic heterocycles. The van der Waals surface area contributed by atoms with Gasteiger partial charge in [-0.3, -0.25) is 4.79 Å². The monoisotopic (exact) mass is 333 g/mol. The summed E-state index contributed by atoms with van der Waals surface area (Å²) in [5, 5.41) is 11.7. The molecule has 0 spiro atoms. The Bertz CT molecular complexity index is 548. The topological polar surface area (TPSA) is 85.8 Å². The minimum Gasteiger partial charge on any atom is -0.356 e. The number of aryl methyl sites for hydroxylation is 1. The molecule has 3 rings (SSSR count). The summed E-state index contributed by atoms with van der Waals surface area (Å²) in [6.45, 7) is 2.28. The second-order valence-corrected chi connectivity index (χ2v) is 7.54. The van der Waals surface area contributed by atoms with Gasteiger partial charge in [0.1, 0.15) is 11.6 Å². The van der Waals surface area contributed by atoms with Crippen molar-refractivity contribution in [1.82, 2.24) is 20.1 Å². The fraction of sp³-hybridized carbons (Fsp3) is 0.833. The van der Waals surface area contributed by atoms with E-state index < -0.39 is 0 Å². The zero-order valence-corrected chi connectivity index (χ0v) is 14.7. The van der Waals surface area contributed by atoms with E-state index >= 15 is 0 Å². The average Bonchev–Trinajstić information content (AvgIpc) is 2.82. The van der Waals surface area contributed by atoms with Crippen LogP contribution in [0.3, 0.4) is 0 Å². The first-order valence-electron chi connectivity index (χ1n) is 9.60. The molecule has 3 N–H and O–H groups in total. The first-order valence-corrected chi connectivity index (χ1v) is 9.60. The maximum atomic E-state index is 12.3. The molecule has 1 aromatic rings. The van der Waals surface area contributed by atoms with Gasteiger partial charge in [-0.15, -0.1) is 10.2 Å². The third-order valence-electron chi connectivity index (χ3n) is 5.74. The number of aromatic nitrogens is 3. The Morgan fingerprint density at radius 1 is 1.12 bits per heavy atom. The van der Waals surface area contributed by atoms with Crippen LogP contribution in [-0.4, -0.2) is 33.8 Å². The summed E-state index contributed by atoms with van der Waals surface area (Å²) in [4.78, 5) is 12.3. The molecular weight excluding hydrogens is 302 g/mol. The minimum atomic E-state index is 0.0360. The smallest absolute Gasteiger partial charge is 0.220 e. The summed E-state index contributed by atoms with van der Waals surface area (Å²) >= 11 is 0. The van der Waals surface area contributed by atoms with Crippen LogP contribution in [0.25, 0.3) is 0 Å². The van der Waals surface area contributed by atoms with Crippen LogP contribution in [0.2, 0.25) is 0 Å². The standard InChI is InChI=1S/C18H31N5O/c19-14-18(9-4-2-5-10-18)13-17(24)20-11-8-16-22-21-15-7-3-1-6-12-23(15)16/h1-14,19H2,(H,20,24). The fourth-order valence-electron chi connectivity index (χ4n) is 4.20. The Labute approximate surface area is 144 Å². The lowest BCUT2D eigenvalue weighted by Gasteiger charge is -2.35. The summed E-state index contributed by atoms with van der Waals surface area (Å²) in [6, 6.07) is 0. The molecule has 24 heavy (non-hydrogen) atoms. The van der Waals surface area contributed by atoms with Gasteiger partial charge in [0.15, 0.2) is 0 Å². The predicted octanol–water partition coefficient (Wildman–Crippen LogP) is 1.96. The third kappa shape index (κ3) is 4.15. The highest BCUT2D eigenvalue weighted by atomic mass is 16.1. The molecule has 2 aliphatic rings. The number of nitrogens with zero attached hydrogens (tertiary/aromatic N) is 3. The quantitative estimate of drug-likeness (QED) is 0.833. The molecule has 1 amide bonds. The van der Waals surface area contributed by atoms with Crippen LogP contribution < -0.4 is 11.1 Å². The highest BCUT2D eigenvalue weighted by Gasteiger charge is 2.32. The van der Waals surface area contributed by atoms with Crippen molar-refractivity contribution >= 4 is 5.91 Å². The number of carbonyl (C=O) groups is 1. The SMILES string of the molecule is NCC1(CC(=O)NCCc2nnc3n2CCCCC3)CCCCC1. The molecule has 0 aromatic carbocycles. The Hall–Kier alpha value is -1.43. The van der Waals surface area contributed by atoms with Crippen molar-refractivity contribution in [2.75, 3.05) is 13.1 Å². The molecule has 134 valence electrons. The number of nitrogens with one attached hydrogen (secondary N) is 1. The number of rotatable bonds is 6. The molecule has 1 aliphatic carbocycles. The van der Waals surface area contributed by atoms with Crippen molar-refractivity contribution in [3.63, 3.8) is 0 Å². The Morgan fingerprint density at radius 2 is 1.92 bits per heavy atom. The van der Waals surface area contributed by atoms with Crippen molar-refractivity contribution < 1.29 is 4.79 Å². The highest BCUT2D eigenvalue weighted by Crippen LogP contribution is 2.38. The van der Waals surface area contributed by atoms with E-state index in [-0.39, 0.29) is 11.3 Å². The van der Waals surface area contributed by atoms with Gasteiger partial charge in [0.25, 0.3) is 0 Å².